The van der Waals surface area contributed by atoms with Crippen LogP contribution in [0.4, 0.5) is 8.78 Å². The van der Waals surface area contributed by atoms with Gasteiger partial charge in [0.15, 0.2) is 11.6 Å². The lowest BCUT2D eigenvalue weighted by Gasteiger charge is -2.39. The van der Waals surface area contributed by atoms with Crippen molar-refractivity contribution in [1.82, 2.24) is 14.8 Å². The van der Waals surface area contributed by atoms with Gasteiger partial charge in [-0.3, -0.25) is 14.7 Å². The van der Waals surface area contributed by atoms with Gasteiger partial charge in [0.1, 0.15) is 0 Å². The van der Waals surface area contributed by atoms with Crippen LogP contribution in [-0.2, 0) is 17.9 Å². The topological polar surface area (TPSA) is 36.4 Å². The van der Waals surface area contributed by atoms with Crippen molar-refractivity contribution in [3.63, 3.8) is 0 Å². The van der Waals surface area contributed by atoms with Crippen molar-refractivity contribution in [2.24, 2.45) is 5.41 Å². The molecular weight excluding hydrogens is 348 g/mol. The summed E-state index contributed by atoms with van der Waals surface area (Å²) in [5.74, 6) is -1.59. The van der Waals surface area contributed by atoms with Crippen LogP contribution in [0.3, 0.4) is 0 Å². The quantitative estimate of drug-likeness (QED) is 0.827. The number of nitrogens with zero attached hydrogens (tertiary/aromatic N) is 3. The van der Waals surface area contributed by atoms with E-state index in [2.05, 4.69) is 9.88 Å². The van der Waals surface area contributed by atoms with Crippen LogP contribution >= 0.6 is 0 Å². The second-order valence-electron chi connectivity index (χ2n) is 7.64. The molecule has 27 heavy (non-hydrogen) atoms. The molecule has 4 nitrogen and oxygen atoms in total. The standard InChI is InChI=1S/C21H23F2N3O/c22-18-6-5-16(12-19(18)23)13-26-10-3-7-21(20(26)27)8-11-25(15-21)14-17-4-1-2-9-24-17/h1-2,4-6,9,12H,3,7-8,10-11,13-15H2. The zero-order chi connectivity index (χ0) is 18.9. The van der Waals surface area contributed by atoms with Gasteiger partial charge in [-0.1, -0.05) is 12.1 Å². The van der Waals surface area contributed by atoms with E-state index in [4.69, 9.17) is 0 Å². The largest absolute Gasteiger partial charge is 0.338 e. The van der Waals surface area contributed by atoms with E-state index in [1.807, 2.05) is 18.2 Å². The van der Waals surface area contributed by atoms with Crippen LogP contribution in [0.15, 0.2) is 42.6 Å². The van der Waals surface area contributed by atoms with Crippen molar-refractivity contribution in [2.45, 2.75) is 32.4 Å². The highest BCUT2D eigenvalue weighted by Crippen LogP contribution is 2.40. The van der Waals surface area contributed by atoms with Crippen LogP contribution in [0, 0.1) is 17.0 Å². The summed E-state index contributed by atoms with van der Waals surface area (Å²) in [6, 6.07) is 9.74. The summed E-state index contributed by atoms with van der Waals surface area (Å²) >= 11 is 0. The first-order valence-corrected chi connectivity index (χ1v) is 9.41. The summed E-state index contributed by atoms with van der Waals surface area (Å²) in [5.41, 5.74) is 1.28. The molecule has 2 saturated heterocycles. The van der Waals surface area contributed by atoms with Gasteiger partial charge in [0, 0.05) is 32.4 Å². The first-order valence-electron chi connectivity index (χ1n) is 9.41. The highest BCUT2D eigenvalue weighted by molar-refractivity contribution is 5.84. The molecule has 1 spiro atoms. The van der Waals surface area contributed by atoms with Crippen LogP contribution in [-0.4, -0.2) is 40.3 Å². The lowest BCUT2D eigenvalue weighted by molar-refractivity contribution is -0.146. The van der Waals surface area contributed by atoms with Gasteiger partial charge in [0.05, 0.1) is 11.1 Å². The number of hydrogen-bond acceptors (Lipinski definition) is 3. The Morgan fingerprint density at radius 2 is 1.93 bits per heavy atom. The van der Waals surface area contributed by atoms with Gasteiger partial charge in [0.25, 0.3) is 0 Å². The van der Waals surface area contributed by atoms with Crippen LogP contribution in [0.1, 0.15) is 30.5 Å². The summed E-state index contributed by atoms with van der Waals surface area (Å²) in [4.78, 5) is 21.7. The highest BCUT2D eigenvalue weighted by atomic mass is 19.2. The molecule has 3 heterocycles. The lowest BCUT2D eigenvalue weighted by atomic mass is 9.78. The number of benzene rings is 1. The van der Waals surface area contributed by atoms with Crippen LogP contribution in [0.25, 0.3) is 0 Å². The van der Waals surface area contributed by atoms with Gasteiger partial charge < -0.3 is 4.90 Å². The Morgan fingerprint density at radius 1 is 1.04 bits per heavy atom. The van der Waals surface area contributed by atoms with Crippen LogP contribution in [0.5, 0.6) is 0 Å². The second-order valence-corrected chi connectivity index (χ2v) is 7.64. The van der Waals surface area contributed by atoms with Crippen molar-refractivity contribution in [1.29, 1.82) is 0 Å². The number of amides is 1. The number of aromatic nitrogens is 1. The summed E-state index contributed by atoms with van der Waals surface area (Å²) in [6.45, 7) is 3.36. The third-order valence-electron chi connectivity index (χ3n) is 5.73. The monoisotopic (exact) mass is 371 g/mol. The predicted octanol–water partition coefficient (Wildman–Crippen LogP) is 3.37. The van der Waals surface area contributed by atoms with Gasteiger partial charge in [-0.15, -0.1) is 0 Å². The van der Waals surface area contributed by atoms with Crippen molar-refractivity contribution in [3.05, 3.63) is 65.5 Å². The molecule has 1 unspecified atom stereocenters. The van der Waals surface area contributed by atoms with Gasteiger partial charge in [0.2, 0.25) is 5.91 Å². The second kappa shape index (κ2) is 7.35. The number of piperidine rings is 1. The molecular formula is C21H23F2N3O. The normalized spacial score (nSPS) is 23.3. The Balaban J connectivity index is 1.44. The van der Waals surface area contributed by atoms with Gasteiger partial charge in [-0.2, -0.15) is 0 Å². The fourth-order valence-electron chi connectivity index (χ4n) is 4.35. The molecule has 2 aliphatic heterocycles. The summed E-state index contributed by atoms with van der Waals surface area (Å²) in [5, 5.41) is 0. The Bertz CT molecular complexity index is 829. The third-order valence-corrected chi connectivity index (χ3v) is 5.73. The maximum Gasteiger partial charge on any atom is 0.230 e. The average Bonchev–Trinajstić information content (AvgIpc) is 3.06. The van der Waals surface area contributed by atoms with E-state index in [0.717, 1.165) is 50.7 Å². The molecule has 0 radical (unpaired) electrons. The molecule has 1 amide bonds. The summed E-state index contributed by atoms with van der Waals surface area (Å²) < 4.78 is 26.6. The predicted molar refractivity (Wildman–Crippen MR) is 97.6 cm³/mol. The molecule has 0 bridgehead atoms. The van der Waals surface area contributed by atoms with Crippen LogP contribution < -0.4 is 0 Å². The highest BCUT2D eigenvalue weighted by Gasteiger charge is 2.48. The molecule has 0 N–H and O–H groups in total. The first kappa shape index (κ1) is 18.0. The Hall–Kier alpha value is -2.34. The first-order chi connectivity index (χ1) is 13.1. The molecule has 142 valence electrons. The number of pyridine rings is 1. The minimum Gasteiger partial charge on any atom is -0.338 e. The van der Waals surface area contributed by atoms with Crippen molar-refractivity contribution < 1.29 is 13.6 Å². The molecule has 1 aromatic heterocycles. The van der Waals surface area contributed by atoms with Crippen molar-refractivity contribution >= 4 is 5.91 Å². The van der Waals surface area contributed by atoms with E-state index in [0.29, 0.717) is 18.7 Å². The molecule has 2 aliphatic rings. The number of carbonyl (C=O) groups is 1. The number of likely N-dealkylation sites (tertiary alicyclic amines) is 2. The van der Waals surface area contributed by atoms with E-state index in [1.54, 1.807) is 17.2 Å². The Morgan fingerprint density at radius 3 is 2.70 bits per heavy atom. The van der Waals surface area contributed by atoms with E-state index < -0.39 is 11.6 Å². The van der Waals surface area contributed by atoms with E-state index in [1.165, 1.54) is 6.07 Å². The van der Waals surface area contributed by atoms with Gasteiger partial charge >= 0.3 is 0 Å². The van der Waals surface area contributed by atoms with Crippen molar-refractivity contribution in [2.75, 3.05) is 19.6 Å². The fraction of sp³-hybridized carbons (Fsp3) is 0.429. The smallest absolute Gasteiger partial charge is 0.230 e. The minimum atomic E-state index is -0.867. The molecule has 0 saturated carbocycles. The molecule has 1 aromatic carbocycles. The average molecular weight is 371 g/mol. The summed E-state index contributed by atoms with van der Waals surface area (Å²) in [6.07, 6.45) is 4.45. The van der Waals surface area contributed by atoms with Crippen molar-refractivity contribution in [3.8, 4) is 0 Å². The molecule has 1 atom stereocenters. The molecule has 2 aromatic rings. The molecule has 0 aliphatic carbocycles. The van der Waals surface area contributed by atoms with E-state index in [-0.39, 0.29) is 11.3 Å². The molecule has 6 heteroatoms. The van der Waals surface area contributed by atoms with Crippen LogP contribution in [0.2, 0.25) is 0 Å². The zero-order valence-electron chi connectivity index (χ0n) is 15.2. The minimum absolute atomic E-state index is 0.141. The maximum atomic E-state index is 13.5. The molecule has 4 rings (SSSR count). The number of hydrogen-bond donors (Lipinski definition) is 0. The van der Waals surface area contributed by atoms with Gasteiger partial charge in [-0.05, 0) is 55.6 Å². The third kappa shape index (κ3) is 3.72. The van der Waals surface area contributed by atoms with E-state index >= 15 is 0 Å². The zero-order valence-corrected chi connectivity index (χ0v) is 15.2. The maximum absolute atomic E-state index is 13.5. The van der Waals surface area contributed by atoms with Gasteiger partial charge in [-0.25, -0.2) is 8.78 Å². The fourth-order valence-corrected chi connectivity index (χ4v) is 4.35. The number of rotatable bonds is 4. The summed E-state index contributed by atoms with van der Waals surface area (Å²) in [7, 11) is 0. The number of halogens is 2. The number of carbonyl (C=O) groups excluding carboxylic acids is 1. The SMILES string of the molecule is O=C1N(Cc2ccc(F)c(F)c2)CCCC12CCN(Cc1ccccn1)C2. The Kier molecular flexibility index (Phi) is 4.91. The lowest BCUT2D eigenvalue weighted by Crippen LogP contribution is -2.49. The van der Waals surface area contributed by atoms with E-state index in [9.17, 15) is 13.6 Å². The molecule has 2 fully saturated rings. The Labute approximate surface area is 157 Å².